The highest BCUT2D eigenvalue weighted by Crippen LogP contribution is 2.32. The van der Waals surface area contributed by atoms with E-state index in [1.54, 1.807) is 36.5 Å². The number of halogens is 2. The number of nitrogens with one attached hydrogen (secondary N) is 1. The third kappa shape index (κ3) is 5.67. The molecule has 172 valence electrons. The summed E-state index contributed by atoms with van der Waals surface area (Å²) in [5.41, 5.74) is 7.95. The number of aromatic nitrogens is 1. The zero-order valence-electron chi connectivity index (χ0n) is 17.9. The fourth-order valence-corrected chi connectivity index (χ4v) is 4.37. The van der Waals surface area contributed by atoms with Gasteiger partial charge in [-0.1, -0.05) is 23.2 Å². The summed E-state index contributed by atoms with van der Waals surface area (Å²) >= 11 is 12.2. The topological polar surface area (TPSA) is 101 Å². The van der Waals surface area contributed by atoms with Crippen LogP contribution >= 0.6 is 23.2 Å². The summed E-state index contributed by atoms with van der Waals surface area (Å²) in [6.07, 6.45) is 5.43. The number of carbonyl (C=O) groups excluding carboxylic acids is 2. The van der Waals surface area contributed by atoms with Crippen LogP contribution in [0.1, 0.15) is 41.9 Å². The van der Waals surface area contributed by atoms with Crippen molar-refractivity contribution in [1.29, 1.82) is 0 Å². The Labute approximate surface area is 201 Å². The molecule has 3 aromatic rings. The van der Waals surface area contributed by atoms with Crippen molar-refractivity contribution < 1.29 is 14.0 Å². The maximum Gasteiger partial charge on any atom is 0.248 e. The Morgan fingerprint density at radius 2 is 1.88 bits per heavy atom. The Morgan fingerprint density at radius 1 is 1.09 bits per heavy atom. The fourth-order valence-electron chi connectivity index (χ4n) is 3.87. The predicted molar refractivity (Wildman–Crippen MR) is 130 cm³/mol. The lowest BCUT2D eigenvalue weighted by Gasteiger charge is -2.30. The maximum atomic E-state index is 12.7. The molecule has 0 atom stereocenters. The summed E-state index contributed by atoms with van der Waals surface area (Å²) in [6.45, 7) is 1.82. The van der Waals surface area contributed by atoms with Gasteiger partial charge in [-0.3, -0.25) is 9.59 Å². The summed E-state index contributed by atoms with van der Waals surface area (Å²) in [5, 5.41) is 3.93. The second kappa shape index (κ2) is 10.3. The first-order valence-corrected chi connectivity index (χ1v) is 11.5. The zero-order chi connectivity index (χ0) is 23.4. The lowest BCUT2D eigenvalue weighted by Crippen LogP contribution is -2.30. The van der Waals surface area contributed by atoms with E-state index in [-0.39, 0.29) is 12.3 Å². The zero-order valence-corrected chi connectivity index (χ0v) is 19.5. The molecule has 1 aliphatic heterocycles. The highest BCUT2D eigenvalue weighted by atomic mass is 35.5. The molecular formula is C24H24Cl2N4O3. The largest absolute Gasteiger partial charge is 0.441 e. The molecule has 1 fully saturated rings. The van der Waals surface area contributed by atoms with Gasteiger partial charge in [0, 0.05) is 42.1 Å². The van der Waals surface area contributed by atoms with Crippen molar-refractivity contribution >= 4 is 46.4 Å². The van der Waals surface area contributed by atoms with Gasteiger partial charge >= 0.3 is 0 Å². The van der Waals surface area contributed by atoms with Crippen molar-refractivity contribution in [2.24, 2.45) is 5.73 Å². The maximum absolute atomic E-state index is 12.7. The lowest BCUT2D eigenvalue weighted by molar-refractivity contribution is -0.116. The second-order valence-electron chi connectivity index (χ2n) is 7.93. The molecule has 33 heavy (non-hydrogen) atoms. The molecular weight excluding hydrogens is 463 g/mol. The van der Waals surface area contributed by atoms with Crippen LogP contribution in [-0.2, 0) is 11.2 Å². The first-order valence-electron chi connectivity index (χ1n) is 10.8. The number of nitrogens with zero attached hydrogens (tertiary/aromatic N) is 2. The van der Waals surface area contributed by atoms with E-state index in [1.165, 1.54) is 6.42 Å². The van der Waals surface area contributed by atoms with Gasteiger partial charge in [0.1, 0.15) is 0 Å². The number of primary amides is 1. The van der Waals surface area contributed by atoms with Gasteiger partial charge < -0.3 is 20.4 Å². The van der Waals surface area contributed by atoms with Gasteiger partial charge in [0.15, 0.2) is 11.7 Å². The summed E-state index contributed by atoms with van der Waals surface area (Å²) in [7, 11) is 0. The van der Waals surface area contributed by atoms with Crippen LogP contribution < -0.4 is 16.0 Å². The van der Waals surface area contributed by atoms with E-state index < -0.39 is 5.91 Å². The molecule has 1 aromatic heterocycles. The standard InChI is InChI=1S/C24H24Cl2N4O3/c25-16-5-6-17(18(26)13-16)21-14-28-23(33-21)9-8-22(31)29-19-12-15(24(27)32)4-7-20(19)30-10-2-1-3-11-30/h4-7,12-14H,1-3,8-11H2,(H2,27,32)(H,29,31). The number of piperidine rings is 1. The van der Waals surface area contributed by atoms with Gasteiger partial charge in [-0.25, -0.2) is 4.98 Å². The van der Waals surface area contributed by atoms with Gasteiger partial charge in [0.2, 0.25) is 11.8 Å². The molecule has 0 saturated carbocycles. The van der Waals surface area contributed by atoms with Gasteiger partial charge in [-0.2, -0.15) is 0 Å². The van der Waals surface area contributed by atoms with E-state index in [0.29, 0.717) is 44.9 Å². The van der Waals surface area contributed by atoms with Crippen molar-refractivity contribution in [3.8, 4) is 11.3 Å². The minimum atomic E-state index is -0.538. The number of oxazole rings is 1. The first-order chi connectivity index (χ1) is 15.9. The number of hydrogen-bond acceptors (Lipinski definition) is 5. The second-order valence-corrected chi connectivity index (χ2v) is 8.78. The normalized spacial score (nSPS) is 13.7. The molecule has 0 radical (unpaired) electrons. The Morgan fingerprint density at radius 3 is 2.61 bits per heavy atom. The Kier molecular flexibility index (Phi) is 7.20. The van der Waals surface area contributed by atoms with Crippen LogP contribution in [0.15, 0.2) is 47.0 Å². The highest BCUT2D eigenvalue weighted by molar-refractivity contribution is 6.36. The van der Waals surface area contributed by atoms with Crippen molar-refractivity contribution in [2.75, 3.05) is 23.3 Å². The van der Waals surface area contributed by atoms with Crippen LogP contribution in [0.5, 0.6) is 0 Å². The lowest BCUT2D eigenvalue weighted by atomic mass is 10.1. The number of carbonyl (C=O) groups is 2. The molecule has 0 spiro atoms. The van der Waals surface area contributed by atoms with Crippen LogP contribution in [0.25, 0.3) is 11.3 Å². The number of anilines is 2. The third-order valence-electron chi connectivity index (χ3n) is 5.57. The monoisotopic (exact) mass is 486 g/mol. The molecule has 2 aromatic carbocycles. The molecule has 4 rings (SSSR count). The average Bonchev–Trinajstić information content (AvgIpc) is 3.27. The Hall–Kier alpha value is -3.03. The first kappa shape index (κ1) is 23.1. The molecule has 2 heterocycles. The number of hydrogen-bond donors (Lipinski definition) is 2. The van der Waals surface area contributed by atoms with E-state index in [2.05, 4.69) is 15.2 Å². The molecule has 1 saturated heterocycles. The summed E-state index contributed by atoms with van der Waals surface area (Å²) in [5.74, 6) is 0.185. The van der Waals surface area contributed by atoms with E-state index in [4.69, 9.17) is 33.4 Å². The highest BCUT2D eigenvalue weighted by Gasteiger charge is 2.18. The molecule has 0 aliphatic carbocycles. The van der Waals surface area contributed by atoms with Crippen LogP contribution in [0.4, 0.5) is 11.4 Å². The van der Waals surface area contributed by atoms with Crippen LogP contribution in [0.3, 0.4) is 0 Å². The smallest absolute Gasteiger partial charge is 0.248 e. The van der Waals surface area contributed by atoms with E-state index >= 15 is 0 Å². The summed E-state index contributed by atoms with van der Waals surface area (Å²) in [6, 6.07) is 10.3. The van der Waals surface area contributed by atoms with Crippen molar-refractivity contribution in [3.05, 3.63) is 64.1 Å². The van der Waals surface area contributed by atoms with Crippen molar-refractivity contribution in [2.45, 2.75) is 32.1 Å². The van der Waals surface area contributed by atoms with Crippen LogP contribution in [0.2, 0.25) is 10.0 Å². The quantitative estimate of drug-likeness (QED) is 0.471. The average molecular weight is 487 g/mol. The molecule has 7 nitrogen and oxygen atoms in total. The number of amides is 2. The number of benzene rings is 2. The molecule has 9 heteroatoms. The van der Waals surface area contributed by atoms with Gasteiger partial charge in [0.05, 0.1) is 22.6 Å². The number of aryl methyl sites for hydroxylation is 1. The minimum absolute atomic E-state index is 0.161. The van der Waals surface area contributed by atoms with Crippen LogP contribution in [-0.4, -0.2) is 29.9 Å². The summed E-state index contributed by atoms with van der Waals surface area (Å²) < 4.78 is 5.77. The van der Waals surface area contributed by atoms with E-state index in [0.717, 1.165) is 31.6 Å². The number of rotatable bonds is 7. The fraction of sp³-hybridized carbons (Fsp3) is 0.292. The SMILES string of the molecule is NC(=O)c1ccc(N2CCCCC2)c(NC(=O)CCc2ncc(-c3ccc(Cl)cc3Cl)o2)c1. The van der Waals surface area contributed by atoms with Crippen molar-refractivity contribution in [1.82, 2.24) is 4.98 Å². The Bertz CT molecular complexity index is 1170. The predicted octanol–water partition coefficient (Wildman–Crippen LogP) is 5.31. The molecule has 3 N–H and O–H groups in total. The molecule has 0 bridgehead atoms. The van der Waals surface area contributed by atoms with Gasteiger partial charge in [-0.15, -0.1) is 0 Å². The van der Waals surface area contributed by atoms with E-state index in [9.17, 15) is 9.59 Å². The Balaban J connectivity index is 1.44. The van der Waals surface area contributed by atoms with Crippen LogP contribution in [0, 0.1) is 0 Å². The molecule has 2 amide bonds. The van der Waals surface area contributed by atoms with Gasteiger partial charge in [-0.05, 0) is 55.7 Å². The number of nitrogens with two attached hydrogens (primary N) is 1. The van der Waals surface area contributed by atoms with E-state index in [1.807, 2.05) is 6.07 Å². The molecule has 1 aliphatic rings. The van der Waals surface area contributed by atoms with Crippen molar-refractivity contribution in [3.63, 3.8) is 0 Å². The minimum Gasteiger partial charge on any atom is -0.441 e. The summed E-state index contributed by atoms with van der Waals surface area (Å²) in [4.78, 5) is 30.9. The third-order valence-corrected chi connectivity index (χ3v) is 6.12. The van der Waals surface area contributed by atoms with Gasteiger partial charge in [0.25, 0.3) is 0 Å². The molecule has 0 unspecified atom stereocenters.